The fourth-order valence-electron chi connectivity index (χ4n) is 3.20. The first kappa shape index (κ1) is 13.3. The number of hydrogen-bond donors (Lipinski definition) is 0. The lowest BCUT2D eigenvalue weighted by atomic mass is 9.93. The number of nitrogens with zero attached hydrogens (tertiary/aromatic N) is 4. The third-order valence-corrected chi connectivity index (χ3v) is 4.94. The highest BCUT2D eigenvalue weighted by Gasteiger charge is 2.27. The molecule has 3 heterocycles. The van der Waals surface area contributed by atoms with E-state index >= 15 is 0 Å². The molecule has 114 valence electrons. The van der Waals surface area contributed by atoms with E-state index in [9.17, 15) is 0 Å². The molecule has 2 aliphatic rings. The van der Waals surface area contributed by atoms with Gasteiger partial charge in [-0.25, -0.2) is 9.97 Å². The Kier molecular flexibility index (Phi) is 2.82. The van der Waals surface area contributed by atoms with Crippen LogP contribution in [0.1, 0.15) is 42.4 Å². The molecule has 1 saturated carbocycles. The molecule has 0 amide bonds. The van der Waals surface area contributed by atoms with Gasteiger partial charge in [-0.15, -0.1) is 0 Å². The lowest BCUT2D eigenvalue weighted by Crippen LogP contribution is -2.02. The summed E-state index contributed by atoms with van der Waals surface area (Å²) in [6, 6.07) is 4.17. The second-order valence-corrected chi connectivity index (χ2v) is 6.67. The van der Waals surface area contributed by atoms with Crippen molar-refractivity contribution in [2.24, 2.45) is 0 Å². The summed E-state index contributed by atoms with van der Waals surface area (Å²) in [7, 11) is 0. The number of fused-ring (bicyclic) bond motifs is 3. The van der Waals surface area contributed by atoms with E-state index in [1.807, 2.05) is 10.7 Å². The average molecular weight is 323 g/mol. The Balaban J connectivity index is 1.69. The van der Waals surface area contributed by atoms with Gasteiger partial charge in [-0.05, 0) is 30.9 Å². The van der Waals surface area contributed by atoms with Crippen LogP contribution in [0.5, 0.6) is 0 Å². The standard InChI is InChI=1S/C18H15ClN4/c19-17-14(11-4-2-1-3-5-11)8-13-10-20-16-9-15(12-6-7-12)22-23(16)18(13)21-17/h1-4,8-12H,5-7H2. The molecule has 0 radical (unpaired) electrons. The van der Waals surface area contributed by atoms with Gasteiger partial charge >= 0.3 is 0 Å². The molecule has 4 nitrogen and oxygen atoms in total. The zero-order chi connectivity index (χ0) is 15.4. The van der Waals surface area contributed by atoms with Crippen molar-refractivity contribution in [2.45, 2.75) is 31.1 Å². The lowest BCUT2D eigenvalue weighted by molar-refractivity contribution is 0.845. The molecule has 1 unspecified atom stereocenters. The lowest BCUT2D eigenvalue weighted by Gasteiger charge is -2.15. The smallest absolute Gasteiger partial charge is 0.166 e. The molecule has 2 aliphatic carbocycles. The molecule has 23 heavy (non-hydrogen) atoms. The highest BCUT2D eigenvalue weighted by Crippen LogP contribution is 2.39. The van der Waals surface area contributed by atoms with Crippen molar-refractivity contribution in [1.82, 2.24) is 19.6 Å². The minimum Gasteiger partial charge on any atom is -0.236 e. The van der Waals surface area contributed by atoms with E-state index in [2.05, 4.69) is 46.4 Å². The maximum absolute atomic E-state index is 6.49. The van der Waals surface area contributed by atoms with Crippen molar-refractivity contribution in [3.63, 3.8) is 0 Å². The number of rotatable bonds is 2. The van der Waals surface area contributed by atoms with Crippen molar-refractivity contribution < 1.29 is 0 Å². The molecule has 0 aromatic carbocycles. The summed E-state index contributed by atoms with van der Waals surface area (Å²) < 4.78 is 1.83. The van der Waals surface area contributed by atoms with Gasteiger partial charge in [-0.1, -0.05) is 35.9 Å². The summed E-state index contributed by atoms with van der Waals surface area (Å²) in [4.78, 5) is 9.18. The van der Waals surface area contributed by atoms with Gasteiger partial charge in [0.2, 0.25) is 0 Å². The van der Waals surface area contributed by atoms with Crippen LogP contribution >= 0.6 is 11.6 Å². The Labute approximate surface area is 138 Å². The molecule has 3 aromatic rings. The molecule has 0 saturated heterocycles. The highest BCUT2D eigenvalue weighted by molar-refractivity contribution is 6.30. The molecular formula is C18H15ClN4. The Bertz CT molecular complexity index is 982. The fraction of sp³-hybridized carbons (Fsp3) is 0.278. The zero-order valence-corrected chi connectivity index (χ0v) is 13.2. The second-order valence-electron chi connectivity index (χ2n) is 6.31. The number of aromatic nitrogens is 4. The van der Waals surface area contributed by atoms with Gasteiger partial charge in [0.1, 0.15) is 5.15 Å². The van der Waals surface area contributed by atoms with E-state index in [0.29, 0.717) is 11.1 Å². The molecule has 0 bridgehead atoms. The number of allylic oxidation sites excluding steroid dienone is 4. The number of hydrogen-bond acceptors (Lipinski definition) is 3. The van der Waals surface area contributed by atoms with E-state index in [1.54, 1.807) is 0 Å². The van der Waals surface area contributed by atoms with Gasteiger partial charge in [0.05, 0.1) is 5.69 Å². The minimum absolute atomic E-state index is 0.278. The summed E-state index contributed by atoms with van der Waals surface area (Å²) in [5.74, 6) is 0.875. The van der Waals surface area contributed by atoms with Crippen LogP contribution in [0, 0.1) is 0 Å². The van der Waals surface area contributed by atoms with E-state index in [-0.39, 0.29) is 5.92 Å². The molecule has 3 aromatic heterocycles. The van der Waals surface area contributed by atoms with Crippen LogP contribution in [0.4, 0.5) is 0 Å². The molecule has 0 N–H and O–H groups in total. The Hall–Kier alpha value is -2.20. The van der Waals surface area contributed by atoms with Crippen molar-refractivity contribution in [1.29, 1.82) is 0 Å². The maximum atomic E-state index is 6.49. The predicted octanol–water partition coefficient (Wildman–Crippen LogP) is 4.41. The van der Waals surface area contributed by atoms with Crippen LogP contribution in [-0.4, -0.2) is 19.6 Å². The fourth-order valence-corrected chi connectivity index (χ4v) is 3.48. The normalized spacial score (nSPS) is 20.7. The van der Waals surface area contributed by atoms with E-state index in [0.717, 1.165) is 34.4 Å². The molecule has 1 atom stereocenters. The van der Waals surface area contributed by atoms with Crippen molar-refractivity contribution >= 4 is 28.3 Å². The molecule has 5 rings (SSSR count). The quantitative estimate of drug-likeness (QED) is 0.656. The molecule has 5 heteroatoms. The van der Waals surface area contributed by atoms with Gasteiger partial charge < -0.3 is 0 Å². The minimum atomic E-state index is 0.278. The van der Waals surface area contributed by atoms with Crippen LogP contribution in [0.2, 0.25) is 5.15 Å². The summed E-state index contributed by atoms with van der Waals surface area (Å²) >= 11 is 6.49. The summed E-state index contributed by atoms with van der Waals surface area (Å²) in [5.41, 5.74) is 3.80. The third-order valence-electron chi connectivity index (χ3n) is 4.63. The predicted molar refractivity (Wildman–Crippen MR) is 90.9 cm³/mol. The van der Waals surface area contributed by atoms with Crippen LogP contribution in [0.25, 0.3) is 16.7 Å². The van der Waals surface area contributed by atoms with Crippen LogP contribution in [-0.2, 0) is 0 Å². The first-order valence-electron chi connectivity index (χ1n) is 7.98. The average Bonchev–Trinajstić information content (AvgIpc) is 3.34. The van der Waals surface area contributed by atoms with Crippen LogP contribution < -0.4 is 0 Å². The topological polar surface area (TPSA) is 43.1 Å². The third kappa shape index (κ3) is 2.17. The Morgan fingerprint density at radius 2 is 2.09 bits per heavy atom. The maximum Gasteiger partial charge on any atom is 0.166 e. The highest BCUT2D eigenvalue weighted by atomic mass is 35.5. The van der Waals surface area contributed by atoms with Gasteiger partial charge in [-0.3, -0.25) is 0 Å². The van der Waals surface area contributed by atoms with Crippen LogP contribution in [0.3, 0.4) is 0 Å². The SMILES string of the molecule is Clc1nc2c(cnc3cc(C4CC4)nn32)cc1C1C=CC=CC1. The molecule has 0 aliphatic heterocycles. The van der Waals surface area contributed by atoms with Crippen molar-refractivity contribution in [3.05, 3.63) is 59.0 Å². The summed E-state index contributed by atoms with van der Waals surface area (Å²) in [6.45, 7) is 0. The molecule has 0 spiro atoms. The molecular weight excluding hydrogens is 308 g/mol. The Morgan fingerprint density at radius 1 is 1.17 bits per heavy atom. The summed E-state index contributed by atoms with van der Waals surface area (Å²) in [5, 5.41) is 6.23. The number of pyridine rings is 1. The van der Waals surface area contributed by atoms with Crippen molar-refractivity contribution in [2.75, 3.05) is 0 Å². The van der Waals surface area contributed by atoms with Crippen molar-refractivity contribution in [3.8, 4) is 0 Å². The van der Waals surface area contributed by atoms with Gasteiger partial charge in [0.15, 0.2) is 11.3 Å². The van der Waals surface area contributed by atoms with E-state index in [1.165, 1.54) is 12.8 Å². The van der Waals surface area contributed by atoms with Crippen LogP contribution in [0.15, 0.2) is 42.6 Å². The number of halogens is 1. The monoisotopic (exact) mass is 322 g/mol. The zero-order valence-electron chi connectivity index (χ0n) is 12.5. The largest absolute Gasteiger partial charge is 0.236 e. The van der Waals surface area contributed by atoms with E-state index in [4.69, 9.17) is 16.7 Å². The Morgan fingerprint density at radius 3 is 2.87 bits per heavy atom. The first-order chi connectivity index (χ1) is 11.3. The van der Waals surface area contributed by atoms with Gasteiger partial charge in [0, 0.05) is 29.5 Å². The molecule has 1 fully saturated rings. The first-order valence-corrected chi connectivity index (χ1v) is 8.35. The second kappa shape index (κ2) is 4.90. The van der Waals surface area contributed by atoms with Gasteiger partial charge in [0.25, 0.3) is 0 Å². The van der Waals surface area contributed by atoms with E-state index < -0.39 is 0 Å². The van der Waals surface area contributed by atoms with Gasteiger partial charge in [-0.2, -0.15) is 9.61 Å². The summed E-state index contributed by atoms with van der Waals surface area (Å²) in [6.07, 6.45) is 13.7.